The van der Waals surface area contributed by atoms with E-state index in [9.17, 15) is 9.18 Å². The predicted molar refractivity (Wildman–Crippen MR) is 72.2 cm³/mol. The maximum atomic E-state index is 13.5. The lowest BCUT2D eigenvalue weighted by molar-refractivity contribution is -0.140. The summed E-state index contributed by atoms with van der Waals surface area (Å²) >= 11 is 0. The molecule has 0 aliphatic carbocycles. The molecule has 0 aliphatic rings. The molecule has 0 amide bonds. The Hall–Kier alpha value is -2.04. The molecule has 3 nitrogen and oxygen atoms in total. The van der Waals surface area contributed by atoms with Gasteiger partial charge in [0.05, 0.1) is 6.61 Å². The molecule has 1 aromatic carbocycles. The van der Waals surface area contributed by atoms with Gasteiger partial charge in [-0.3, -0.25) is 0 Å². The predicted octanol–water partition coefficient (Wildman–Crippen LogP) is 1.30. The number of benzene rings is 1. The van der Waals surface area contributed by atoms with Crippen molar-refractivity contribution >= 4 is 36.3 Å². The van der Waals surface area contributed by atoms with Gasteiger partial charge >= 0.3 is 5.97 Å². The summed E-state index contributed by atoms with van der Waals surface area (Å²) in [6.07, 6.45) is 2.86. The minimum atomic E-state index is -0.931. The van der Waals surface area contributed by atoms with Gasteiger partial charge in [-0.2, -0.15) is 4.39 Å². The van der Waals surface area contributed by atoms with Gasteiger partial charge in [0.1, 0.15) is 7.85 Å². The van der Waals surface area contributed by atoms with Gasteiger partial charge in [-0.25, -0.2) is 4.79 Å². The van der Waals surface area contributed by atoms with E-state index in [-0.39, 0.29) is 6.61 Å². The van der Waals surface area contributed by atoms with E-state index in [1.807, 2.05) is 26.0 Å². The summed E-state index contributed by atoms with van der Waals surface area (Å²) in [7, 11) is 1.96. The Bertz CT molecular complexity index is 618. The summed E-state index contributed by atoms with van der Waals surface area (Å²) in [5.74, 6) is -1.82. The third-order valence-electron chi connectivity index (χ3n) is 2.62. The van der Waals surface area contributed by atoms with Crippen molar-refractivity contribution in [2.45, 2.75) is 6.92 Å². The number of hydrogen-bond acceptors (Lipinski definition) is 2. The average Bonchev–Trinajstić information content (AvgIpc) is 2.72. The third-order valence-corrected chi connectivity index (χ3v) is 2.62. The van der Waals surface area contributed by atoms with Crippen LogP contribution in [-0.4, -0.2) is 25.4 Å². The second kappa shape index (κ2) is 5.08. The topological polar surface area (TPSA) is 42.1 Å². The number of H-pyrrole nitrogens is 1. The highest BCUT2D eigenvalue weighted by atomic mass is 19.1. The molecule has 2 aromatic rings. The molecule has 18 heavy (non-hydrogen) atoms. The zero-order valence-electron chi connectivity index (χ0n) is 10.3. The lowest BCUT2D eigenvalue weighted by Crippen LogP contribution is -2.04. The van der Waals surface area contributed by atoms with E-state index >= 15 is 0 Å². The molecule has 0 atom stereocenters. The van der Waals surface area contributed by atoms with Crippen molar-refractivity contribution in [1.29, 1.82) is 0 Å². The maximum absolute atomic E-state index is 13.5. The Kier molecular flexibility index (Phi) is 3.51. The highest BCUT2D eigenvalue weighted by molar-refractivity contribution is 6.33. The van der Waals surface area contributed by atoms with Crippen LogP contribution in [0.5, 0.6) is 0 Å². The normalized spacial score (nSPS) is 11.8. The van der Waals surface area contributed by atoms with Crippen molar-refractivity contribution in [3.8, 4) is 0 Å². The molecule has 0 fully saturated rings. The van der Waals surface area contributed by atoms with Gasteiger partial charge in [-0.15, -0.1) is 0 Å². The van der Waals surface area contributed by atoms with Crippen LogP contribution in [0.2, 0.25) is 0 Å². The van der Waals surface area contributed by atoms with Gasteiger partial charge in [0.25, 0.3) is 0 Å². The highest BCUT2D eigenvalue weighted by Crippen LogP contribution is 2.20. The smallest absolute Gasteiger partial charge is 0.367 e. The van der Waals surface area contributed by atoms with Crippen LogP contribution in [0.1, 0.15) is 12.5 Å². The van der Waals surface area contributed by atoms with Gasteiger partial charge in [0.15, 0.2) is 0 Å². The summed E-state index contributed by atoms with van der Waals surface area (Å²) in [5, 5.41) is 0.884. The summed E-state index contributed by atoms with van der Waals surface area (Å²) in [6, 6.07) is 5.83. The first-order chi connectivity index (χ1) is 8.61. The van der Waals surface area contributed by atoms with Crippen molar-refractivity contribution in [1.82, 2.24) is 4.98 Å². The first-order valence-corrected chi connectivity index (χ1v) is 5.74. The van der Waals surface area contributed by atoms with Crippen LogP contribution in [0.3, 0.4) is 0 Å². The van der Waals surface area contributed by atoms with Crippen molar-refractivity contribution in [3.05, 3.63) is 35.8 Å². The monoisotopic (exact) mass is 245 g/mol. The lowest BCUT2D eigenvalue weighted by atomic mass is 9.94. The zero-order chi connectivity index (χ0) is 13.1. The van der Waals surface area contributed by atoms with Gasteiger partial charge in [-0.05, 0) is 19.1 Å². The molecular formula is C13H13BFNO2. The molecule has 1 aromatic heterocycles. The number of fused-ring (bicyclic) bond motifs is 1. The molecule has 0 saturated heterocycles. The van der Waals surface area contributed by atoms with E-state index in [1.54, 1.807) is 13.1 Å². The maximum Gasteiger partial charge on any atom is 0.367 e. The first-order valence-electron chi connectivity index (χ1n) is 5.74. The first kappa shape index (κ1) is 12.4. The Morgan fingerprint density at radius 3 is 3.06 bits per heavy atom. The average molecular weight is 245 g/mol. The molecule has 92 valence electrons. The summed E-state index contributed by atoms with van der Waals surface area (Å²) < 4.78 is 18.1. The molecule has 1 N–H and O–H groups in total. The molecular weight excluding hydrogens is 232 g/mol. The zero-order valence-corrected chi connectivity index (χ0v) is 10.3. The minimum Gasteiger partial charge on any atom is -0.461 e. The van der Waals surface area contributed by atoms with Crippen molar-refractivity contribution in [2.24, 2.45) is 0 Å². The molecule has 0 saturated carbocycles. The van der Waals surface area contributed by atoms with Crippen LogP contribution < -0.4 is 5.46 Å². The standard InChI is InChI=1S/C13H13BFNO2/c1-2-18-13(17)11(15)5-8-7-16-12-4-3-9(14)6-10(8)12/h3-7,16H,2,14H2,1H3/b11-5+. The van der Waals surface area contributed by atoms with Crippen LogP contribution >= 0.6 is 0 Å². The van der Waals surface area contributed by atoms with Crippen molar-refractivity contribution in [3.63, 3.8) is 0 Å². The number of esters is 1. The van der Waals surface area contributed by atoms with Crippen LogP contribution in [0.25, 0.3) is 17.0 Å². The van der Waals surface area contributed by atoms with Crippen LogP contribution in [-0.2, 0) is 9.53 Å². The number of nitrogens with one attached hydrogen (secondary N) is 1. The molecule has 0 bridgehead atoms. The molecule has 1 heterocycles. The molecule has 5 heteroatoms. The lowest BCUT2D eigenvalue weighted by Gasteiger charge is -1.98. The number of aromatic amines is 1. The fourth-order valence-electron chi connectivity index (χ4n) is 1.77. The number of carbonyl (C=O) groups is 1. The van der Waals surface area contributed by atoms with E-state index < -0.39 is 11.8 Å². The fraction of sp³-hybridized carbons (Fsp3) is 0.154. The Balaban J connectivity index is 2.39. The third kappa shape index (κ3) is 2.45. The number of carbonyl (C=O) groups excluding carboxylic acids is 1. The van der Waals surface area contributed by atoms with Crippen LogP contribution in [0.15, 0.2) is 30.2 Å². The quantitative estimate of drug-likeness (QED) is 0.503. The van der Waals surface area contributed by atoms with Gasteiger partial charge < -0.3 is 9.72 Å². The molecule has 0 spiro atoms. The van der Waals surface area contributed by atoms with E-state index in [0.29, 0.717) is 5.56 Å². The fourth-order valence-corrected chi connectivity index (χ4v) is 1.77. The number of aromatic nitrogens is 1. The SMILES string of the molecule is Bc1ccc2[nH]cc(/C=C(/F)C(=O)OCC)c2c1. The Morgan fingerprint density at radius 1 is 1.56 bits per heavy atom. The van der Waals surface area contributed by atoms with Crippen LogP contribution in [0, 0.1) is 0 Å². The van der Waals surface area contributed by atoms with E-state index in [1.165, 1.54) is 6.08 Å². The van der Waals surface area contributed by atoms with Gasteiger partial charge in [0, 0.05) is 22.7 Å². The second-order valence-electron chi connectivity index (χ2n) is 4.01. The van der Waals surface area contributed by atoms with E-state index in [0.717, 1.165) is 16.4 Å². The van der Waals surface area contributed by atoms with E-state index in [4.69, 9.17) is 0 Å². The summed E-state index contributed by atoms with van der Waals surface area (Å²) in [6.45, 7) is 1.80. The molecule has 2 rings (SSSR count). The number of ether oxygens (including phenoxy) is 1. The van der Waals surface area contributed by atoms with Gasteiger partial charge in [0.2, 0.25) is 5.83 Å². The Morgan fingerprint density at radius 2 is 2.33 bits per heavy atom. The number of rotatable bonds is 3. The van der Waals surface area contributed by atoms with Crippen molar-refractivity contribution < 1.29 is 13.9 Å². The largest absolute Gasteiger partial charge is 0.461 e. The molecule has 0 aliphatic heterocycles. The molecule has 0 unspecified atom stereocenters. The second-order valence-corrected chi connectivity index (χ2v) is 4.01. The number of hydrogen-bond donors (Lipinski definition) is 1. The van der Waals surface area contributed by atoms with Crippen LogP contribution in [0.4, 0.5) is 4.39 Å². The van der Waals surface area contributed by atoms with Gasteiger partial charge in [-0.1, -0.05) is 17.6 Å². The Labute approximate surface area is 105 Å². The van der Waals surface area contributed by atoms with Crippen molar-refractivity contribution in [2.75, 3.05) is 6.61 Å². The summed E-state index contributed by atoms with van der Waals surface area (Å²) in [4.78, 5) is 14.2. The number of halogens is 1. The molecule has 0 radical (unpaired) electrons. The summed E-state index contributed by atoms with van der Waals surface area (Å²) in [5.41, 5.74) is 2.62. The highest BCUT2D eigenvalue weighted by Gasteiger charge is 2.11. The minimum absolute atomic E-state index is 0.160. The van der Waals surface area contributed by atoms with E-state index in [2.05, 4.69) is 9.72 Å².